The molecule has 1 aromatic rings. The average molecular weight is 207 g/mol. The van der Waals surface area contributed by atoms with Crippen molar-refractivity contribution in [1.29, 1.82) is 0 Å². The molecule has 0 radical (unpaired) electrons. The molecule has 86 valence electrons. The molecule has 1 heterocycles. The number of aryl methyl sites for hydroxylation is 1. The van der Waals surface area contributed by atoms with E-state index in [-0.39, 0.29) is 0 Å². The summed E-state index contributed by atoms with van der Waals surface area (Å²) in [4.78, 5) is 0. The van der Waals surface area contributed by atoms with Crippen molar-refractivity contribution in [2.45, 2.75) is 66.3 Å². The SMILES string of the molecule is CCCC(C)n1cc(C)c(C)c1C(C)C. The molecule has 0 N–H and O–H groups in total. The minimum Gasteiger partial charge on any atom is -0.348 e. The van der Waals surface area contributed by atoms with E-state index in [0.29, 0.717) is 12.0 Å². The lowest BCUT2D eigenvalue weighted by Gasteiger charge is -2.19. The second-order valence-corrected chi connectivity index (χ2v) is 5.02. The molecular formula is C14H25N. The van der Waals surface area contributed by atoms with Crippen molar-refractivity contribution in [3.63, 3.8) is 0 Å². The summed E-state index contributed by atoms with van der Waals surface area (Å²) in [6, 6.07) is 0.639. The van der Waals surface area contributed by atoms with Gasteiger partial charge in [-0.3, -0.25) is 0 Å². The predicted molar refractivity (Wildman–Crippen MR) is 67.6 cm³/mol. The highest BCUT2D eigenvalue weighted by Crippen LogP contribution is 2.28. The highest BCUT2D eigenvalue weighted by Gasteiger charge is 2.15. The fraction of sp³-hybridized carbons (Fsp3) is 0.714. The molecule has 1 unspecified atom stereocenters. The smallest absolute Gasteiger partial charge is 0.0305 e. The van der Waals surface area contributed by atoms with Crippen LogP contribution >= 0.6 is 0 Å². The molecule has 0 amide bonds. The van der Waals surface area contributed by atoms with Crippen molar-refractivity contribution in [2.75, 3.05) is 0 Å². The van der Waals surface area contributed by atoms with Crippen molar-refractivity contribution in [2.24, 2.45) is 0 Å². The zero-order chi connectivity index (χ0) is 11.6. The first kappa shape index (κ1) is 12.4. The highest BCUT2D eigenvalue weighted by molar-refractivity contribution is 5.32. The van der Waals surface area contributed by atoms with E-state index in [2.05, 4.69) is 52.3 Å². The Morgan fingerprint density at radius 1 is 1.20 bits per heavy atom. The lowest BCUT2D eigenvalue weighted by atomic mass is 10.0. The van der Waals surface area contributed by atoms with Gasteiger partial charge < -0.3 is 4.57 Å². The van der Waals surface area contributed by atoms with Crippen molar-refractivity contribution < 1.29 is 0 Å². The van der Waals surface area contributed by atoms with Crippen LogP contribution in [0, 0.1) is 13.8 Å². The minimum atomic E-state index is 0.623. The second kappa shape index (κ2) is 4.87. The minimum absolute atomic E-state index is 0.623. The van der Waals surface area contributed by atoms with Crippen LogP contribution in [0.2, 0.25) is 0 Å². The zero-order valence-electron chi connectivity index (χ0n) is 11.1. The van der Waals surface area contributed by atoms with Crippen LogP contribution in [0.15, 0.2) is 6.20 Å². The quantitative estimate of drug-likeness (QED) is 0.680. The van der Waals surface area contributed by atoms with Crippen molar-refractivity contribution in [3.05, 3.63) is 23.0 Å². The van der Waals surface area contributed by atoms with Gasteiger partial charge in [0.25, 0.3) is 0 Å². The molecule has 0 aromatic carbocycles. The van der Waals surface area contributed by atoms with Gasteiger partial charge in [0.15, 0.2) is 0 Å². The first-order valence-corrected chi connectivity index (χ1v) is 6.16. The molecular weight excluding hydrogens is 182 g/mol. The van der Waals surface area contributed by atoms with Gasteiger partial charge in [0, 0.05) is 17.9 Å². The first-order chi connectivity index (χ1) is 6.99. The summed E-state index contributed by atoms with van der Waals surface area (Å²) in [6.07, 6.45) is 4.85. The number of hydrogen-bond acceptors (Lipinski definition) is 0. The maximum atomic E-state index is 2.48. The topological polar surface area (TPSA) is 4.93 Å². The van der Waals surface area contributed by atoms with Crippen LogP contribution in [0.4, 0.5) is 0 Å². The van der Waals surface area contributed by atoms with Crippen LogP contribution in [0.25, 0.3) is 0 Å². The molecule has 0 saturated carbocycles. The summed E-state index contributed by atoms with van der Waals surface area (Å²) in [5, 5.41) is 0. The summed E-state index contributed by atoms with van der Waals surface area (Å²) < 4.78 is 2.48. The van der Waals surface area contributed by atoms with Gasteiger partial charge in [-0.15, -0.1) is 0 Å². The molecule has 1 heteroatoms. The van der Waals surface area contributed by atoms with E-state index < -0.39 is 0 Å². The van der Waals surface area contributed by atoms with Gasteiger partial charge >= 0.3 is 0 Å². The summed E-state index contributed by atoms with van der Waals surface area (Å²) in [7, 11) is 0. The number of hydrogen-bond donors (Lipinski definition) is 0. The van der Waals surface area contributed by atoms with Gasteiger partial charge in [-0.2, -0.15) is 0 Å². The highest BCUT2D eigenvalue weighted by atomic mass is 15.0. The Hall–Kier alpha value is -0.720. The van der Waals surface area contributed by atoms with Gasteiger partial charge in [0.05, 0.1) is 0 Å². The van der Waals surface area contributed by atoms with Crippen LogP contribution < -0.4 is 0 Å². The Morgan fingerprint density at radius 2 is 1.80 bits per heavy atom. The lowest BCUT2D eigenvalue weighted by Crippen LogP contribution is -2.09. The standard InChI is InChI=1S/C14H25N/c1-7-8-12(5)15-9-11(4)13(6)14(15)10(2)3/h9-10,12H,7-8H2,1-6H3. The fourth-order valence-corrected chi connectivity index (χ4v) is 2.42. The molecule has 1 aromatic heterocycles. The predicted octanol–water partition coefficient (Wildman–Crippen LogP) is 4.59. The van der Waals surface area contributed by atoms with Gasteiger partial charge in [0.1, 0.15) is 0 Å². The number of aromatic nitrogens is 1. The van der Waals surface area contributed by atoms with Gasteiger partial charge in [-0.05, 0) is 44.2 Å². The van der Waals surface area contributed by atoms with E-state index >= 15 is 0 Å². The van der Waals surface area contributed by atoms with Crippen molar-refractivity contribution in [1.82, 2.24) is 4.57 Å². The molecule has 1 atom stereocenters. The normalized spacial score (nSPS) is 13.5. The maximum Gasteiger partial charge on any atom is 0.0305 e. The third kappa shape index (κ3) is 2.45. The molecule has 1 rings (SSSR count). The zero-order valence-corrected chi connectivity index (χ0v) is 11.1. The first-order valence-electron chi connectivity index (χ1n) is 6.16. The number of nitrogens with zero attached hydrogens (tertiary/aromatic N) is 1. The van der Waals surface area contributed by atoms with E-state index in [1.165, 1.54) is 29.7 Å². The van der Waals surface area contributed by atoms with E-state index in [1.54, 1.807) is 0 Å². The van der Waals surface area contributed by atoms with Crippen LogP contribution in [0.1, 0.15) is 69.3 Å². The monoisotopic (exact) mass is 207 g/mol. The van der Waals surface area contributed by atoms with Gasteiger partial charge in [0.2, 0.25) is 0 Å². The van der Waals surface area contributed by atoms with Crippen LogP contribution in [-0.4, -0.2) is 4.57 Å². The van der Waals surface area contributed by atoms with Crippen LogP contribution in [-0.2, 0) is 0 Å². The fourth-order valence-electron chi connectivity index (χ4n) is 2.42. The Labute approximate surface area is 94.5 Å². The van der Waals surface area contributed by atoms with E-state index in [0.717, 1.165) is 0 Å². The maximum absolute atomic E-state index is 2.48. The summed E-state index contributed by atoms with van der Waals surface area (Å²) in [5.74, 6) is 0.623. The molecule has 0 saturated heterocycles. The number of rotatable bonds is 4. The molecule has 1 nitrogen and oxygen atoms in total. The van der Waals surface area contributed by atoms with Crippen molar-refractivity contribution >= 4 is 0 Å². The third-order valence-electron chi connectivity index (χ3n) is 3.31. The average Bonchev–Trinajstić information content (AvgIpc) is 2.44. The Morgan fingerprint density at radius 3 is 2.27 bits per heavy atom. The summed E-state index contributed by atoms with van der Waals surface area (Å²) in [5.41, 5.74) is 4.43. The summed E-state index contributed by atoms with van der Waals surface area (Å²) in [6.45, 7) is 13.6. The van der Waals surface area contributed by atoms with Gasteiger partial charge in [-0.1, -0.05) is 27.2 Å². The Kier molecular flexibility index (Phi) is 4.01. The molecule has 15 heavy (non-hydrogen) atoms. The second-order valence-electron chi connectivity index (χ2n) is 5.02. The molecule has 0 spiro atoms. The van der Waals surface area contributed by atoms with Gasteiger partial charge in [-0.25, -0.2) is 0 Å². The van der Waals surface area contributed by atoms with E-state index in [9.17, 15) is 0 Å². The van der Waals surface area contributed by atoms with Crippen molar-refractivity contribution in [3.8, 4) is 0 Å². The molecule has 0 aliphatic rings. The molecule has 0 aliphatic carbocycles. The Balaban J connectivity index is 3.11. The van der Waals surface area contributed by atoms with Crippen LogP contribution in [0.3, 0.4) is 0 Å². The van der Waals surface area contributed by atoms with E-state index in [1.807, 2.05) is 0 Å². The molecule has 0 fully saturated rings. The molecule has 0 bridgehead atoms. The largest absolute Gasteiger partial charge is 0.348 e. The Bertz CT molecular complexity index is 320. The molecule has 0 aliphatic heterocycles. The van der Waals surface area contributed by atoms with E-state index in [4.69, 9.17) is 0 Å². The summed E-state index contributed by atoms with van der Waals surface area (Å²) >= 11 is 0. The third-order valence-corrected chi connectivity index (χ3v) is 3.31. The van der Waals surface area contributed by atoms with Crippen LogP contribution in [0.5, 0.6) is 0 Å². The lowest BCUT2D eigenvalue weighted by molar-refractivity contribution is 0.478.